The number of rotatable bonds is 2. The van der Waals surface area contributed by atoms with E-state index in [1.807, 2.05) is 13.1 Å². The predicted molar refractivity (Wildman–Crippen MR) is 46.6 cm³/mol. The van der Waals surface area contributed by atoms with Crippen LogP contribution in [0.2, 0.25) is 0 Å². The van der Waals surface area contributed by atoms with Crippen LogP contribution in [-0.4, -0.2) is 14.8 Å². The van der Waals surface area contributed by atoms with Gasteiger partial charge in [0.1, 0.15) is 11.4 Å². The van der Waals surface area contributed by atoms with Crippen LogP contribution in [0, 0.1) is 0 Å². The predicted octanol–water partition coefficient (Wildman–Crippen LogP) is 0.534. The number of hydrogen-bond donors (Lipinski definition) is 1. The molecule has 0 saturated heterocycles. The van der Waals surface area contributed by atoms with Crippen molar-refractivity contribution in [2.45, 2.75) is 6.54 Å². The van der Waals surface area contributed by atoms with Crippen molar-refractivity contribution in [2.24, 2.45) is 12.8 Å². The van der Waals surface area contributed by atoms with E-state index in [1.165, 1.54) is 6.39 Å². The molecule has 0 atom stereocenters. The molecule has 2 aromatic rings. The molecule has 0 fully saturated rings. The van der Waals surface area contributed by atoms with Gasteiger partial charge in [-0.1, -0.05) is 0 Å². The summed E-state index contributed by atoms with van der Waals surface area (Å²) in [6.07, 6.45) is 3.10. The summed E-state index contributed by atoms with van der Waals surface area (Å²) in [6.45, 7) is 0.372. The largest absolute Gasteiger partial charge is 0.442 e. The Kier molecular flexibility index (Phi) is 1.86. The molecule has 2 heterocycles. The van der Waals surface area contributed by atoms with E-state index in [-0.39, 0.29) is 0 Å². The lowest BCUT2D eigenvalue weighted by Crippen LogP contribution is -2.00. The third-order valence-corrected chi connectivity index (χ3v) is 1.89. The van der Waals surface area contributed by atoms with Gasteiger partial charge >= 0.3 is 0 Å². The first-order valence-electron chi connectivity index (χ1n) is 3.93. The van der Waals surface area contributed by atoms with Crippen molar-refractivity contribution in [1.29, 1.82) is 0 Å². The summed E-state index contributed by atoms with van der Waals surface area (Å²) >= 11 is 0. The molecule has 5 heteroatoms. The second-order valence-electron chi connectivity index (χ2n) is 2.67. The van der Waals surface area contributed by atoms with Crippen molar-refractivity contribution in [1.82, 2.24) is 14.8 Å². The van der Waals surface area contributed by atoms with Crippen molar-refractivity contribution in [3.8, 4) is 11.5 Å². The molecule has 2 N–H and O–H groups in total. The summed E-state index contributed by atoms with van der Waals surface area (Å²) in [5.74, 6) is 0.697. The Balaban J connectivity index is 2.52. The van der Waals surface area contributed by atoms with Crippen molar-refractivity contribution in [3.63, 3.8) is 0 Å². The maximum Gasteiger partial charge on any atom is 0.181 e. The molecule has 0 saturated carbocycles. The molecule has 0 unspecified atom stereocenters. The van der Waals surface area contributed by atoms with E-state index in [2.05, 4.69) is 10.1 Å². The van der Waals surface area contributed by atoms with E-state index in [0.717, 1.165) is 11.4 Å². The van der Waals surface area contributed by atoms with Gasteiger partial charge in [0, 0.05) is 19.8 Å². The molecule has 0 spiro atoms. The molecule has 13 heavy (non-hydrogen) atoms. The van der Waals surface area contributed by atoms with E-state index in [0.29, 0.717) is 12.3 Å². The maximum absolute atomic E-state index is 5.50. The van der Waals surface area contributed by atoms with Crippen LogP contribution >= 0.6 is 0 Å². The highest BCUT2D eigenvalue weighted by Crippen LogP contribution is 2.21. The van der Waals surface area contributed by atoms with Gasteiger partial charge in [-0.25, -0.2) is 4.98 Å². The minimum Gasteiger partial charge on any atom is -0.442 e. The summed E-state index contributed by atoms with van der Waals surface area (Å²) < 4.78 is 6.95. The monoisotopic (exact) mass is 178 g/mol. The third kappa shape index (κ3) is 1.23. The Labute approximate surface area is 75.2 Å². The van der Waals surface area contributed by atoms with Crippen LogP contribution in [0.1, 0.15) is 5.69 Å². The zero-order valence-electron chi connectivity index (χ0n) is 7.27. The fraction of sp³-hybridized carbons (Fsp3) is 0.250. The molecule has 0 aliphatic carbocycles. The van der Waals surface area contributed by atoms with Crippen molar-refractivity contribution in [3.05, 3.63) is 24.4 Å². The van der Waals surface area contributed by atoms with Gasteiger partial charge in [-0.3, -0.25) is 4.68 Å². The standard InChI is InChI=1S/C8H10N4O/c1-12-7(2-3-11-12)8-6(4-9)10-5-13-8/h2-3,5H,4,9H2,1H3. The van der Waals surface area contributed by atoms with Crippen LogP contribution in [0.15, 0.2) is 23.1 Å². The van der Waals surface area contributed by atoms with Gasteiger partial charge in [0.05, 0.1) is 0 Å². The summed E-state index contributed by atoms with van der Waals surface area (Å²) in [5.41, 5.74) is 7.14. The van der Waals surface area contributed by atoms with Crippen LogP contribution in [0.25, 0.3) is 11.5 Å². The van der Waals surface area contributed by atoms with Crippen molar-refractivity contribution < 1.29 is 4.42 Å². The first-order chi connectivity index (χ1) is 6.33. The topological polar surface area (TPSA) is 69.9 Å². The van der Waals surface area contributed by atoms with E-state index < -0.39 is 0 Å². The molecular formula is C8H10N4O. The zero-order valence-corrected chi connectivity index (χ0v) is 7.27. The highest BCUT2D eigenvalue weighted by Gasteiger charge is 2.11. The molecule has 0 amide bonds. The molecule has 0 aliphatic heterocycles. The number of nitrogens with zero attached hydrogens (tertiary/aromatic N) is 3. The van der Waals surface area contributed by atoms with Gasteiger partial charge in [0.2, 0.25) is 0 Å². The number of hydrogen-bond acceptors (Lipinski definition) is 4. The molecular weight excluding hydrogens is 168 g/mol. The van der Waals surface area contributed by atoms with Crippen LogP contribution in [0.3, 0.4) is 0 Å². The van der Waals surface area contributed by atoms with Gasteiger partial charge in [0.15, 0.2) is 12.2 Å². The lowest BCUT2D eigenvalue weighted by Gasteiger charge is -1.98. The van der Waals surface area contributed by atoms with E-state index in [4.69, 9.17) is 10.2 Å². The smallest absolute Gasteiger partial charge is 0.181 e. The first kappa shape index (κ1) is 8.00. The van der Waals surface area contributed by atoms with Gasteiger partial charge in [-0.2, -0.15) is 5.10 Å². The number of oxazole rings is 1. The molecule has 5 nitrogen and oxygen atoms in total. The molecule has 2 rings (SSSR count). The Morgan fingerprint density at radius 1 is 1.62 bits per heavy atom. The normalized spacial score (nSPS) is 10.6. The van der Waals surface area contributed by atoms with Crippen LogP contribution in [0.4, 0.5) is 0 Å². The molecule has 2 aromatic heterocycles. The highest BCUT2D eigenvalue weighted by molar-refractivity contribution is 5.54. The van der Waals surface area contributed by atoms with Gasteiger partial charge in [0.25, 0.3) is 0 Å². The lowest BCUT2D eigenvalue weighted by atomic mass is 10.2. The Morgan fingerprint density at radius 2 is 2.46 bits per heavy atom. The molecule has 0 radical (unpaired) electrons. The molecule has 0 bridgehead atoms. The zero-order chi connectivity index (χ0) is 9.26. The third-order valence-electron chi connectivity index (χ3n) is 1.89. The molecule has 0 aromatic carbocycles. The minimum atomic E-state index is 0.372. The molecule has 0 aliphatic rings. The molecule has 68 valence electrons. The number of aryl methyl sites for hydroxylation is 1. The van der Waals surface area contributed by atoms with E-state index in [1.54, 1.807) is 10.9 Å². The second-order valence-corrected chi connectivity index (χ2v) is 2.67. The van der Waals surface area contributed by atoms with Crippen LogP contribution in [-0.2, 0) is 13.6 Å². The highest BCUT2D eigenvalue weighted by atomic mass is 16.3. The summed E-state index contributed by atoms with van der Waals surface area (Å²) in [4.78, 5) is 4.00. The fourth-order valence-corrected chi connectivity index (χ4v) is 1.22. The van der Waals surface area contributed by atoms with E-state index >= 15 is 0 Å². The minimum absolute atomic E-state index is 0.372. The summed E-state index contributed by atoms with van der Waals surface area (Å²) in [5, 5.41) is 4.04. The average molecular weight is 178 g/mol. The van der Waals surface area contributed by atoms with E-state index in [9.17, 15) is 0 Å². The number of aromatic nitrogens is 3. The van der Waals surface area contributed by atoms with Crippen LogP contribution < -0.4 is 5.73 Å². The Bertz CT molecular complexity index is 404. The van der Waals surface area contributed by atoms with Crippen molar-refractivity contribution >= 4 is 0 Å². The summed E-state index contributed by atoms with van der Waals surface area (Å²) in [6, 6.07) is 1.86. The summed E-state index contributed by atoms with van der Waals surface area (Å²) in [7, 11) is 1.85. The Hall–Kier alpha value is -1.62. The maximum atomic E-state index is 5.50. The number of nitrogens with two attached hydrogens (primary N) is 1. The fourth-order valence-electron chi connectivity index (χ4n) is 1.22. The first-order valence-corrected chi connectivity index (χ1v) is 3.93. The van der Waals surface area contributed by atoms with Gasteiger partial charge in [-0.15, -0.1) is 0 Å². The van der Waals surface area contributed by atoms with Crippen LogP contribution in [0.5, 0.6) is 0 Å². The van der Waals surface area contributed by atoms with Gasteiger partial charge < -0.3 is 10.2 Å². The second kappa shape index (κ2) is 3.02. The average Bonchev–Trinajstić information content (AvgIpc) is 2.71. The van der Waals surface area contributed by atoms with Crippen molar-refractivity contribution in [2.75, 3.05) is 0 Å². The lowest BCUT2D eigenvalue weighted by molar-refractivity contribution is 0.562. The Morgan fingerprint density at radius 3 is 3.08 bits per heavy atom. The van der Waals surface area contributed by atoms with Gasteiger partial charge in [-0.05, 0) is 6.07 Å². The SMILES string of the molecule is Cn1nccc1-c1ocnc1CN. The quantitative estimate of drug-likeness (QED) is 0.728.